The molecule has 2 aromatic rings. The van der Waals surface area contributed by atoms with Crippen molar-refractivity contribution in [2.45, 2.75) is 71.4 Å². The van der Waals surface area contributed by atoms with Gasteiger partial charge >= 0.3 is 0 Å². The zero-order valence-corrected chi connectivity index (χ0v) is 15.9. The summed E-state index contributed by atoms with van der Waals surface area (Å²) in [7, 11) is 0. The lowest BCUT2D eigenvalue weighted by Gasteiger charge is -2.28. The molecule has 1 saturated carbocycles. The summed E-state index contributed by atoms with van der Waals surface area (Å²) in [6, 6.07) is 13.7. The van der Waals surface area contributed by atoms with Crippen LogP contribution in [0.2, 0.25) is 0 Å². The van der Waals surface area contributed by atoms with Gasteiger partial charge in [0.05, 0.1) is 6.61 Å². The second-order valence-electron chi connectivity index (χ2n) is 7.67. The molecule has 136 valence electrons. The van der Waals surface area contributed by atoms with Crippen LogP contribution in [0.1, 0.15) is 64.4 Å². The molecule has 0 aliphatic heterocycles. The van der Waals surface area contributed by atoms with Crippen LogP contribution in [0.3, 0.4) is 0 Å². The first-order chi connectivity index (χ1) is 12.3. The lowest BCUT2D eigenvalue weighted by Crippen LogP contribution is -2.33. The normalized spacial score (nSPS) is 20.7. The Balaban J connectivity index is 1.74. The van der Waals surface area contributed by atoms with E-state index in [-0.39, 0.29) is 0 Å². The fourth-order valence-electron chi connectivity index (χ4n) is 4.03. The van der Waals surface area contributed by atoms with Crippen LogP contribution in [0.15, 0.2) is 36.4 Å². The Morgan fingerprint density at radius 3 is 2.80 bits per heavy atom. The van der Waals surface area contributed by atoms with Crippen molar-refractivity contribution in [3.63, 3.8) is 0 Å². The average molecular weight is 340 g/mol. The van der Waals surface area contributed by atoms with E-state index in [4.69, 9.17) is 4.74 Å². The monoisotopic (exact) mass is 339 g/mol. The second kappa shape index (κ2) is 9.24. The average Bonchev–Trinajstić information content (AvgIpc) is 2.64. The highest BCUT2D eigenvalue weighted by Crippen LogP contribution is 2.30. The van der Waals surface area contributed by atoms with Gasteiger partial charge in [-0.2, -0.15) is 0 Å². The van der Waals surface area contributed by atoms with E-state index < -0.39 is 0 Å². The molecule has 0 radical (unpaired) electrons. The van der Waals surface area contributed by atoms with E-state index >= 15 is 0 Å². The van der Waals surface area contributed by atoms with Crippen molar-refractivity contribution in [1.82, 2.24) is 5.32 Å². The molecule has 0 aromatic heterocycles. The SMILES string of the molecule is CCCCCOc1ccc2ccccc2c1CNC1CCCC(C)C1. The molecule has 25 heavy (non-hydrogen) atoms. The number of ether oxygens (including phenoxy) is 1. The molecule has 2 heteroatoms. The van der Waals surface area contributed by atoms with Crippen LogP contribution in [-0.2, 0) is 6.54 Å². The summed E-state index contributed by atoms with van der Waals surface area (Å²) in [4.78, 5) is 0. The molecule has 1 fully saturated rings. The third kappa shape index (κ3) is 4.98. The predicted molar refractivity (Wildman–Crippen MR) is 107 cm³/mol. The summed E-state index contributed by atoms with van der Waals surface area (Å²) in [5.74, 6) is 1.91. The standard InChI is InChI=1S/C23H33NO/c1-3-4-7-15-25-23-14-13-19-10-5-6-12-21(19)22(23)17-24-20-11-8-9-18(2)16-20/h5-6,10,12-14,18,20,24H,3-4,7-9,11,15-17H2,1-2H3. The van der Waals surface area contributed by atoms with E-state index in [1.54, 1.807) is 0 Å². The summed E-state index contributed by atoms with van der Waals surface area (Å²) in [5.41, 5.74) is 1.33. The summed E-state index contributed by atoms with van der Waals surface area (Å²) in [6.07, 6.45) is 8.96. The smallest absolute Gasteiger partial charge is 0.124 e. The molecule has 2 atom stereocenters. The van der Waals surface area contributed by atoms with Crippen molar-refractivity contribution in [2.24, 2.45) is 5.92 Å². The minimum Gasteiger partial charge on any atom is -0.493 e. The van der Waals surface area contributed by atoms with Gasteiger partial charge in [-0.25, -0.2) is 0 Å². The van der Waals surface area contributed by atoms with Crippen molar-refractivity contribution in [3.05, 3.63) is 42.0 Å². The topological polar surface area (TPSA) is 21.3 Å². The van der Waals surface area contributed by atoms with Crippen molar-refractivity contribution < 1.29 is 4.74 Å². The molecule has 0 spiro atoms. The maximum atomic E-state index is 6.17. The largest absolute Gasteiger partial charge is 0.493 e. The van der Waals surface area contributed by atoms with Gasteiger partial charge in [0.2, 0.25) is 0 Å². The van der Waals surface area contributed by atoms with E-state index in [1.165, 1.54) is 54.9 Å². The van der Waals surface area contributed by atoms with Gasteiger partial charge in [0.1, 0.15) is 5.75 Å². The van der Waals surface area contributed by atoms with E-state index in [0.29, 0.717) is 6.04 Å². The zero-order valence-electron chi connectivity index (χ0n) is 15.9. The molecule has 3 rings (SSSR count). The molecular weight excluding hydrogens is 306 g/mol. The minimum atomic E-state index is 0.649. The molecule has 1 N–H and O–H groups in total. The third-order valence-corrected chi connectivity index (χ3v) is 5.51. The number of nitrogens with one attached hydrogen (secondary N) is 1. The Hall–Kier alpha value is -1.54. The van der Waals surface area contributed by atoms with Crippen LogP contribution in [0, 0.1) is 5.92 Å². The molecule has 2 nitrogen and oxygen atoms in total. The molecule has 0 bridgehead atoms. The number of hydrogen-bond donors (Lipinski definition) is 1. The first-order valence-corrected chi connectivity index (χ1v) is 10.1. The number of fused-ring (bicyclic) bond motifs is 1. The summed E-state index contributed by atoms with van der Waals surface area (Å²) in [6.45, 7) is 6.34. The van der Waals surface area contributed by atoms with Crippen LogP contribution < -0.4 is 10.1 Å². The van der Waals surface area contributed by atoms with E-state index in [0.717, 1.165) is 31.2 Å². The number of rotatable bonds is 8. The molecule has 2 aromatic carbocycles. The summed E-state index contributed by atoms with van der Waals surface area (Å²) >= 11 is 0. The van der Waals surface area contributed by atoms with Crippen molar-refractivity contribution >= 4 is 10.8 Å². The van der Waals surface area contributed by atoms with Crippen LogP contribution in [0.4, 0.5) is 0 Å². The van der Waals surface area contributed by atoms with Crippen molar-refractivity contribution in [3.8, 4) is 5.75 Å². The summed E-state index contributed by atoms with van der Waals surface area (Å²) < 4.78 is 6.17. The zero-order chi connectivity index (χ0) is 17.5. The van der Waals surface area contributed by atoms with Crippen LogP contribution in [0.5, 0.6) is 5.75 Å². The van der Waals surface area contributed by atoms with Crippen molar-refractivity contribution in [1.29, 1.82) is 0 Å². The molecule has 1 aliphatic carbocycles. The highest BCUT2D eigenvalue weighted by molar-refractivity contribution is 5.87. The van der Waals surface area contributed by atoms with Crippen LogP contribution in [0.25, 0.3) is 10.8 Å². The molecular formula is C23H33NO. The maximum Gasteiger partial charge on any atom is 0.124 e. The quantitative estimate of drug-likeness (QED) is 0.589. The Morgan fingerprint density at radius 2 is 1.96 bits per heavy atom. The Labute approximate surface area is 153 Å². The molecule has 0 heterocycles. The third-order valence-electron chi connectivity index (χ3n) is 5.51. The molecule has 2 unspecified atom stereocenters. The first kappa shape index (κ1) is 18.3. The van der Waals surface area contributed by atoms with Gasteiger partial charge in [-0.05, 0) is 42.0 Å². The van der Waals surface area contributed by atoms with E-state index in [2.05, 4.69) is 55.6 Å². The first-order valence-electron chi connectivity index (χ1n) is 10.1. The van der Waals surface area contributed by atoms with Crippen molar-refractivity contribution in [2.75, 3.05) is 6.61 Å². The Morgan fingerprint density at radius 1 is 1.08 bits per heavy atom. The fraction of sp³-hybridized carbons (Fsp3) is 0.565. The second-order valence-corrected chi connectivity index (χ2v) is 7.67. The van der Waals surface area contributed by atoms with Gasteiger partial charge in [-0.15, -0.1) is 0 Å². The maximum absolute atomic E-state index is 6.17. The molecule has 0 amide bonds. The Bertz CT molecular complexity index is 666. The minimum absolute atomic E-state index is 0.649. The molecule has 1 aliphatic rings. The number of benzene rings is 2. The van der Waals surface area contributed by atoms with E-state index in [9.17, 15) is 0 Å². The van der Waals surface area contributed by atoms with Gasteiger partial charge < -0.3 is 10.1 Å². The molecule has 0 saturated heterocycles. The fourth-order valence-corrected chi connectivity index (χ4v) is 4.03. The Kier molecular flexibility index (Phi) is 6.75. The lowest BCUT2D eigenvalue weighted by molar-refractivity contribution is 0.290. The van der Waals surface area contributed by atoms with Gasteiger partial charge in [0, 0.05) is 18.2 Å². The van der Waals surface area contributed by atoms with E-state index in [1.807, 2.05) is 0 Å². The highest BCUT2D eigenvalue weighted by atomic mass is 16.5. The van der Waals surface area contributed by atoms with Crippen LogP contribution >= 0.6 is 0 Å². The summed E-state index contributed by atoms with van der Waals surface area (Å²) in [5, 5.41) is 6.45. The van der Waals surface area contributed by atoms with Gasteiger partial charge in [-0.3, -0.25) is 0 Å². The highest BCUT2D eigenvalue weighted by Gasteiger charge is 2.19. The van der Waals surface area contributed by atoms with Gasteiger partial charge in [0.25, 0.3) is 0 Å². The van der Waals surface area contributed by atoms with Gasteiger partial charge in [0.15, 0.2) is 0 Å². The number of hydrogen-bond acceptors (Lipinski definition) is 2. The predicted octanol–water partition coefficient (Wildman–Crippen LogP) is 6.08. The van der Waals surface area contributed by atoms with Gasteiger partial charge in [-0.1, -0.05) is 69.9 Å². The number of unbranched alkanes of at least 4 members (excludes halogenated alkanes) is 2. The lowest BCUT2D eigenvalue weighted by atomic mass is 9.87. The van der Waals surface area contributed by atoms with Crippen LogP contribution in [-0.4, -0.2) is 12.6 Å².